The van der Waals surface area contributed by atoms with E-state index in [0.717, 1.165) is 23.4 Å². The highest BCUT2D eigenvalue weighted by atomic mass is 35.5. The van der Waals surface area contributed by atoms with Crippen LogP contribution in [0, 0.1) is 5.92 Å². The third kappa shape index (κ3) is 5.15. The molecule has 0 aromatic heterocycles. The van der Waals surface area contributed by atoms with Crippen molar-refractivity contribution in [3.8, 4) is 0 Å². The molecule has 26 heavy (non-hydrogen) atoms. The van der Waals surface area contributed by atoms with Gasteiger partial charge in [-0.3, -0.25) is 0 Å². The van der Waals surface area contributed by atoms with Crippen molar-refractivity contribution < 1.29 is 35.0 Å². The predicted molar refractivity (Wildman–Crippen MR) is 98.3 cm³/mol. The van der Waals surface area contributed by atoms with E-state index >= 15 is 0 Å². The van der Waals surface area contributed by atoms with Crippen molar-refractivity contribution >= 4 is 11.6 Å². The summed E-state index contributed by atoms with van der Waals surface area (Å²) in [5.74, 6) is 0.910. The molecule has 3 aliphatic heterocycles. The van der Waals surface area contributed by atoms with Gasteiger partial charge in [0.25, 0.3) is 0 Å². The van der Waals surface area contributed by atoms with Gasteiger partial charge in [0.1, 0.15) is 18.6 Å². The summed E-state index contributed by atoms with van der Waals surface area (Å²) >= 11 is 6.11. The van der Waals surface area contributed by atoms with Crippen LogP contribution < -0.4 is 35.0 Å². The van der Waals surface area contributed by atoms with Gasteiger partial charge in [-0.2, -0.15) is 0 Å². The lowest BCUT2D eigenvalue weighted by Gasteiger charge is -2.41. The summed E-state index contributed by atoms with van der Waals surface area (Å²) in [5.41, 5.74) is 2.82. The number of nitrogens with one attached hydrogen (secondary N) is 1. The van der Waals surface area contributed by atoms with Gasteiger partial charge in [0.15, 0.2) is 0 Å². The fourth-order valence-corrected chi connectivity index (χ4v) is 4.71. The molecule has 3 aliphatic rings. The van der Waals surface area contributed by atoms with E-state index in [1.54, 1.807) is 0 Å². The molecule has 3 fully saturated rings. The lowest BCUT2D eigenvalue weighted by Crippen LogP contribution is -3.20. The Morgan fingerprint density at radius 3 is 2.19 bits per heavy atom. The lowest BCUT2D eigenvalue weighted by molar-refractivity contribution is -0.945. The first-order chi connectivity index (χ1) is 11.8. The fraction of sp³-hybridized carbons (Fsp3) is 0.429. The Morgan fingerprint density at radius 2 is 1.62 bits per heavy atom. The van der Waals surface area contributed by atoms with Crippen LogP contribution in [0.3, 0.4) is 0 Å². The molecule has 2 atom stereocenters. The molecule has 142 valence electrons. The van der Waals surface area contributed by atoms with E-state index in [9.17, 15) is 0 Å². The average molecular weight is 414 g/mol. The maximum atomic E-state index is 6.11. The summed E-state index contributed by atoms with van der Waals surface area (Å²) in [4.78, 5) is 1.81. The summed E-state index contributed by atoms with van der Waals surface area (Å²) in [6, 6.07) is 20.6. The number of benzene rings is 2. The molecule has 2 aromatic carbocycles. The Balaban J connectivity index is 0.00000121. The third-order valence-corrected chi connectivity index (χ3v) is 6.20. The van der Waals surface area contributed by atoms with E-state index < -0.39 is 0 Å². The highest BCUT2D eigenvalue weighted by Gasteiger charge is 2.41. The van der Waals surface area contributed by atoms with Crippen molar-refractivity contribution in [1.82, 2.24) is 0 Å². The van der Waals surface area contributed by atoms with Crippen LogP contribution >= 0.6 is 11.6 Å². The summed E-state index contributed by atoms with van der Waals surface area (Å²) in [6.45, 7) is 4.11. The maximum Gasteiger partial charge on any atom is 0.139 e. The van der Waals surface area contributed by atoms with Gasteiger partial charge in [0.05, 0.1) is 13.1 Å². The van der Waals surface area contributed by atoms with Gasteiger partial charge in [-0.1, -0.05) is 54.1 Å². The zero-order valence-electron chi connectivity index (χ0n) is 14.9. The maximum absolute atomic E-state index is 6.11. The molecule has 3 heterocycles. The molecular weight excluding hydrogens is 387 g/mol. The Morgan fingerprint density at radius 1 is 0.962 bits per heavy atom. The standard InChI is InChI=1S/C21H25ClN2.2ClH/c22-19-8-6-17(7-9-19)20(14-16-4-2-1-3-5-16)23-21-15-24-12-10-18(21)11-13-24;;/h1-9,18,20-21,23H,10-15H2;2*1H. The lowest BCUT2D eigenvalue weighted by atomic mass is 9.83. The van der Waals surface area contributed by atoms with Crippen molar-refractivity contribution in [3.63, 3.8) is 0 Å². The topological polar surface area (TPSA) is 21.1 Å². The van der Waals surface area contributed by atoms with E-state index in [1.165, 1.54) is 43.6 Å². The Hall–Kier alpha value is -0.770. The molecule has 0 spiro atoms. The predicted octanol–water partition coefficient (Wildman–Crippen LogP) is -4.13. The van der Waals surface area contributed by atoms with E-state index in [4.69, 9.17) is 11.6 Å². The summed E-state index contributed by atoms with van der Waals surface area (Å²) < 4.78 is 0. The molecule has 2 unspecified atom stereocenters. The molecular formula is C21H27Cl3N2. The van der Waals surface area contributed by atoms with Crippen molar-refractivity contribution in [1.29, 1.82) is 0 Å². The fourth-order valence-electron chi connectivity index (χ4n) is 4.58. The number of rotatable bonds is 5. The Bertz CT molecular complexity index is 655. The monoisotopic (exact) mass is 412 g/mol. The number of fused-ring (bicyclic) bond motifs is 3. The van der Waals surface area contributed by atoms with E-state index in [-0.39, 0.29) is 24.8 Å². The van der Waals surface area contributed by atoms with Gasteiger partial charge in [-0.05, 0) is 17.7 Å². The van der Waals surface area contributed by atoms with Crippen LogP contribution in [-0.2, 0) is 6.42 Å². The number of nitrogens with two attached hydrogens (primary N) is 1. The second kappa shape index (κ2) is 9.96. The van der Waals surface area contributed by atoms with Crippen LogP contribution in [0.25, 0.3) is 0 Å². The highest BCUT2D eigenvalue weighted by molar-refractivity contribution is 6.30. The van der Waals surface area contributed by atoms with Gasteiger partial charge in [-0.25, -0.2) is 0 Å². The van der Waals surface area contributed by atoms with Gasteiger partial charge in [-0.15, -0.1) is 0 Å². The smallest absolute Gasteiger partial charge is 0.139 e. The minimum absolute atomic E-state index is 0. The molecule has 3 saturated heterocycles. The number of hydrogen-bond donors (Lipinski definition) is 2. The SMILES string of the molecule is Clc1ccc(C(Cc2ccccc2)[NH2+]C2C[NH+]3CCC2CC3)cc1.[Cl-].[Cl-]. The molecule has 0 aliphatic carbocycles. The molecule has 5 heteroatoms. The number of halogens is 3. The second-order valence-electron chi connectivity index (χ2n) is 7.50. The normalized spacial score (nSPS) is 25.0. The first-order valence-corrected chi connectivity index (χ1v) is 9.63. The number of piperidine rings is 3. The number of hydrogen-bond acceptors (Lipinski definition) is 0. The molecule has 5 rings (SSSR count). The van der Waals surface area contributed by atoms with Crippen LogP contribution in [0.2, 0.25) is 5.02 Å². The van der Waals surface area contributed by atoms with E-state index in [0.29, 0.717) is 6.04 Å². The molecule has 2 bridgehead atoms. The average Bonchev–Trinajstić information content (AvgIpc) is 2.64. The summed E-state index contributed by atoms with van der Waals surface area (Å²) in [6.07, 6.45) is 3.91. The van der Waals surface area contributed by atoms with Crippen LogP contribution in [0.5, 0.6) is 0 Å². The third-order valence-electron chi connectivity index (χ3n) is 5.94. The van der Waals surface area contributed by atoms with Crippen LogP contribution in [-0.4, -0.2) is 25.7 Å². The van der Waals surface area contributed by atoms with Gasteiger partial charge in [0, 0.05) is 35.8 Å². The molecule has 0 amide bonds. The summed E-state index contributed by atoms with van der Waals surface area (Å²) in [7, 11) is 0. The molecule has 0 saturated carbocycles. The van der Waals surface area contributed by atoms with Crippen molar-refractivity contribution in [2.45, 2.75) is 31.3 Å². The van der Waals surface area contributed by atoms with Crippen LogP contribution in [0.15, 0.2) is 54.6 Å². The van der Waals surface area contributed by atoms with E-state index in [1.807, 2.05) is 17.0 Å². The minimum atomic E-state index is 0. The quantitative estimate of drug-likeness (QED) is 0.497. The Labute approximate surface area is 174 Å². The van der Waals surface area contributed by atoms with Crippen molar-refractivity contribution in [2.75, 3.05) is 19.6 Å². The Kier molecular flexibility index (Phi) is 8.25. The molecule has 3 N–H and O–H groups in total. The zero-order chi connectivity index (χ0) is 16.4. The first kappa shape index (κ1) is 21.5. The molecule has 2 nitrogen and oxygen atoms in total. The van der Waals surface area contributed by atoms with Gasteiger partial charge in [0.2, 0.25) is 0 Å². The van der Waals surface area contributed by atoms with Gasteiger partial charge < -0.3 is 35.0 Å². The first-order valence-electron chi connectivity index (χ1n) is 9.26. The largest absolute Gasteiger partial charge is 1.00 e. The van der Waals surface area contributed by atoms with Crippen LogP contribution in [0.1, 0.15) is 30.0 Å². The minimum Gasteiger partial charge on any atom is -1.00 e. The number of quaternary nitrogens is 2. The zero-order valence-corrected chi connectivity index (χ0v) is 17.1. The highest BCUT2D eigenvalue weighted by Crippen LogP contribution is 2.21. The van der Waals surface area contributed by atoms with E-state index in [2.05, 4.69) is 47.8 Å². The van der Waals surface area contributed by atoms with Gasteiger partial charge >= 0.3 is 0 Å². The second-order valence-corrected chi connectivity index (χ2v) is 7.93. The molecule has 0 radical (unpaired) electrons. The molecule has 2 aromatic rings. The van der Waals surface area contributed by atoms with Crippen molar-refractivity contribution in [3.05, 3.63) is 70.7 Å². The van der Waals surface area contributed by atoms with Crippen LogP contribution in [0.4, 0.5) is 0 Å². The summed E-state index contributed by atoms with van der Waals surface area (Å²) in [5, 5.41) is 3.49. The van der Waals surface area contributed by atoms with Crippen molar-refractivity contribution in [2.24, 2.45) is 5.92 Å².